The van der Waals surface area contributed by atoms with Gasteiger partial charge < -0.3 is 10.1 Å². The average molecular weight is 274 g/mol. The molecule has 0 aliphatic carbocycles. The minimum Gasteiger partial charge on any atom is -0.382 e. The van der Waals surface area contributed by atoms with Crippen molar-refractivity contribution in [2.24, 2.45) is 0 Å². The summed E-state index contributed by atoms with van der Waals surface area (Å²) < 4.78 is 5.85. The molecule has 2 fully saturated rings. The zero-order valence-electron chi connectivity index (χ0n) is 12.5. The van der Waals surface area contributed by atoms with Crippen LogP contribution in [0.25, 0.3) is 0 Å². The van der Waals surface area contributed by atoms with Crippen molar-refractivity contribution in [2.45, 2.75) is 51.4 Å². The molecule has 2 aliphatic heterocycles. The van der Waals surface area contributed by atoms with Crippen LogP contribution in [0, 0.1) is 0 Å². The molecule has 1 N–H and O–H groups in total. The zero-order valence-corrected chi connectivity index (χ0v) is 12.5. The van der Waals surface area contributed by atoms with Crippen LogP contribution in [0.4, 0.5) is 5.69 Å². The minimum atomic E-state index is 0.382. The number of hydrogen-bond acceptors (Lipinski definition) is 3. The molecule has 0 radical (unpaired) electrons. The Morgan fingerprint density at radius 3 is 2.85 bits per heavy atom. The molecule has 2 heterocycles. The molecule has 3 rings (SSSR count). The molecule has 20 heavy (non-hydrogen) atoms. The zero-order chi connectivity index (χ0) is 13.8. The van der Waals surface area contributed by atoms with E-state index in [0.717, 1.165) is 13.1 Å². The maximum atomic E-state index is 5.85. The molecule has 2 saturated heterocycles. The van der Waals surface area contributed by atoms with E-state index in [0.29, 0.717) is 12.2 Å². The van der Waals surface area contributed by atoms with Gasteiger partial charge >= 0.3 is 0 Å². The molecule has 1 aromatic carbocycles. The van der Waals surface area contributed by atoms with Crippen LogP contribution in [0.3, 0.4) is 0 Å². The quantitative estimate of drug-likeness (QED) is 0.892. The third-order valence-corrected chi connectivity index (χ3v) is 4.39. The first-order valence-corrected chi connectivity index (χ1v) is 8.00. The summed E-state index contributed by atoms with van der Waals surface area (Å²) in [6, 6.07) is 8.84. The van der Waals surface area contributed by atoms with Gasteiger partial charge in [0.05, 0.1) is 12.2 Å². The normalized spacial score (nSPS) is 27.1. The van der Waals surface area contributed by atoms with E-state index in [9.17, 15) is 0 Å². The Labute approximate surface area is 122 Å². The second-order valence-electron chi connectivity index (χ2n) is 6.21. The monoisotopic (exact) mass is 274 g/mol. The van der Waals surface area contributed by atoms with Gasteiger partial charge in [-0.15, -0.1) is 0 Å². The molecule has 3 heteroatoms. The van der Waals surface area contributed by atoms with Gasteiger partial charge in [0.1, 0.15) is 0 Å². The number of ether oxygens (including phenoxy) is 1. The van der Waals surface area contributed by atoms with E-state index in [4.69, 9.17) is 4.74 Å². The summed E-state index contributed by atoms with van der Waals surface area (Å²) in [7, 11) is 0. The lowest BCUT2D eigenvalue weighted by Gasteiger charge is -2.16. The molecular weight excluding hydrogens is 248 g/mol. The first-order chi connectivity index (χ1) is 9.79. The van der Waals surface area contributed by atoms with E-state index in [1.54, 1.807) is 0 Å². The summed E-state index contributed by atoms with van der Waals surface area (Å²) in [5.41, 5.74) is 2.64. The van der Waals surface area contributed by atoms with Crippen LogP contribution in [0.2, 0.25) is 0 Å². The fraction of sp³-hybridized carbons (Fsp3) is 0.647. The maximum absolute atomic E-state index is 5.85. The van der Waals surface area contributed by atoms with Crippen molar-refractivity contribution in [1.29, 1.82) is 0 Å². The maximum Gasteiger partial charge on any atom is 0.0751 e. The Hall–Kier alpha value is -1.06. The van der Waals surface area contributed by atoms with Crippen LogP contribution in [-0.2, 0) is 11.3 Å². The molecule has 0 amide bonds. The lowest BCUT2D eigenvalue weighted by molar-refractivity contribution is 0.0637. The Morgan fingerprint density at radius 2 is 2.10 bits per heavy atom. The van der Waals surface area contributed by atoms with Gasteiger partial charge in [0.15, 0.2) is 0 Å². The second kappa shape index (κ2) is 6.59. The summed E-state index contributed by atoms with van der Waals surface area (Å²) in [4.78, 5) is 2.54. The van der Waals surface area contributed by atoms with Gasteiger partial charge in [-0.25, -0.2) is 0 Å². The topological polar surface area (TPSA) is 24.5 Å². The molecule has 0 bridgehead atoms. The predicted octanol–water partition coefficient (Wildman–Crippen LogP) is 3.26. The molecule has 110 valence electrons. The molecule has 0 saturated carbocycles. The van der Waals surface area contributed by atoms with E-state index >= 15 is 0 Å². The summed E-state index contributed by atoms with van der Waals surface area (Å²) in [6.45, 7) is 6.69. The second-order valence-corrected chi connectivity index (χ2v) is 6.21. The first-order valence-electron chi connectivity index (χ1n) is 8.00. The van der Waals surface area contributed by atoms with Crippen molar-refractivity contribution in [2.75, 3.05) is 25.0 Å². The van der Waals surface area contributed by atoms with Gasteiger partial charge in [0, 0.05) is 18.8 Å². The van der Waals surface area contributed by atoms with Crippen LogP contribution in [0.1, 0.15) is 38.2 Å². The lowest BCUT2D eigenvalue weighted by atomic mass is 10.1. The third kappa shape index (κ3) is 3.74. The van der Waals surface area contributed by atoms with Gasteiger partial charge in [-0.1, -0.05) is 12.1 Å². The number of nitrogens with zero attached hydrogens (tertiary/aromatic N) is 1. The van der Waals surface area contributed by atoms with Crippen LogP contribution < -0.4 is 5.32 Å². The molecule has 0 aromatic heterocycles. The van der Waals surface area contributed by atoms with Crippen LogP contribution in [0.15, 0.2) is 24.3 Å². The highest BCUT2D eigenvalue weighted by atomic mass is 16.5. The fourth-order valence-electron chi connectivity index (χ4n) is 3.25. The van der Waals surface area contributed by atoms with Crippen molar-refractivity contribution in [1.82, 2.24) is 4.90 Å². The predicted molar refractivity (Wildman–Crippen MR) is 83.0 cm³/mol. The van der Waals surface area contributed by atoms with Crippen molar-refractivity contribution < 1.29 is 4.74 Å². The summed E-state index contributed by atoms with van der Waals surface area (Å²) in [5, 5.41) is 3.53. The number of hydrogen-bond donors (Lipinski definition) is 1. The molecule has 1 aromatic rings. The van der Waals surface area contributed by atoms with Crippen molar-refractivity contribution in [3.8, 4) is 0 Å². The van der Waals surface area contributed by atoms with Gasteiger partial charge in [-0.05, 0) is 63.4 Å². The van der Waals surface area contributed by atoms with Gasteiger partial charge in [0.25, 0.3) is 0 Å². The molecule has 2 atom stereocenters. The smallest absolute Gasteiger partial charge is 0.0751 e. The highest BCUT2D eigenvalue weighted by Crippen LogP contribution is 2.20. The van der Waals surface area contributed by atoms with E-state index < -0.39 is 0 Å². The van der Waals surface area contributed by atoms with Crippen molar-refractivity contribution >= 4 is 5.69 Å². The fourth-order valence-corrected chi connectivity index (χ4v) is 3.25. The van der Waals surface area contributed by atoms with Crippen LogP contribution >= 0.6 is 0 Å². The number of anilines is 1. The standard InChI is InChI=1S/C17H26N2O/c1-14-7-8-17(20-14)12-18-16-6-4-5-15(11-16)13-19-9-2-3-10-19/h4-6,11,14,17-18H,2-3,7-10,12-13H2,1H3. The van der Waals surface area contributed by atoms with Crippen molar-refractivity contribution in [3.05, 3.63) is 29.8 Å². The summed E-state index contributed by atoms with van der Waals surface area (Å²) in [5.74, 6) is 0. The molecular formula is C17H26N2O. The molecule has 2 unspecified atom stereocenters. The van der Waals surface area contributed by atoms with Gasteiger partial charge in [-0.3, -0.25) is 4.90 Å². The Balaban J connectivity index is 1.51. The summed E-state index contributed by atoms with van der Waals surface area (Å²) >= 11 is 0. The number of benzene rings is 1. The molecule has 2 aliphatic rings. The van der Waals surface area contributed by atoms with Crippen molar-refractivity contribution in [3.63, 3.8) is 0 Å². The number of rotatable bonds is 5. The lowest BCUT2D eigenvalue weighted by Crippen LogP contribution is -2.20. The Morgan fingerprint density at radius 1 is 1.25 bits per heavy atom. The van der Waals surface area contributed by atoms with Gasteiger partial charge in [-0.2, -0.15) is 0 Å². The first kappa shape index (κ1) is 13.9. The Bertz CT molecular complexity index is 429. The van der Waals surface area contributed by atoms with E-state index in [1.165, 1.54) is 50.0 Å². The molecule has 0 spiro atoms. The van der Waals surface area contributed by atoms with Crippen LogP contribution in [0.5, 0.6) is 0 Å². The molecule has 3 nitrogen and oxygen atoms in total. The van der Waals surface area contributed by atoms with Crippen LogP contribution in [-0.4, -0.2) is 36.7 Å². The Kier molecular flexibility index (Phi) is 4.58. The van der Waals surface area contributed by atoms with E-state index in [2.05, 4.69) is 41.4 Å². The van der Waals surface area contributed by atoms with E-state index in [1.807, 2.05) is 0 Å². The highest BCUT2D eigenvalue weighted by Gasteiger charge is 2.21. The third-order valence-electron chi connectivity index (χ3n) is 4.39. The largest absolute Gasteiger partial charge is 0.382 e. The van der Waals surface area contributed by atoms with Gasteiger partial charge in [0.2, 0.25) is 0 Å². The minimum absolute atomic E-state index is 0.382. The highest BCUT2D eigenvalue weighted by molar-refractivity contribution is 5.45. The van der Waals surface area contributed by atoms with E-state index in [-0.39, 0.29) is 0 Å². The number of nitrogens with one attached hydrogen (secondary N) is 1. The SMILES string of the molecule is CC1CCC(CNc2cccc(CN3CCCC3)c2)O1. The average Bonchev–Trinajstić information content (AvgIpc) is 3.09. The summed E-state index contributed by atoms with van der Waals surface area (Å²) in [6.07, 6.45) is 5.91. The number of likely N-dealkylation sites (tertiary alicyclic amines) is 1.